The van der Waals surface area contributed by atoms with Crippen LogP contribution in [0.2, 0.25) is 0 Å². The first-order valence-electron chi connectivity index (χ1n) is 8.71. The number of benzene rings is 2. The lowest BCUT2D eigenvalue weighted by molar-refractivity contribution is 0.250. The number of urea groups is 1. The zero-order chi connectivity index (χ0) is 17.2. The van der Waals surface area contributed by atoms with Gasteiger partial charge in [-0.05, 0) is 47.9 Å². The van der Waals surface area contributed by atoms with E-state index in [1.807, 2.05) is 23.9 Å². The van der Waals surface area contributed by atoms with Gasteiger partial charge in [-0.3, -0.25) is 5.43 Å². The van der Waals surface area contributed by atoms with Crippen LogP contribution < -0.4 is 21.5 Å². The summed E-state index contributed by atoms with van der Waals surface area (Å²) in [5, 5.41) is 1.52. The maximum absolute atomic E-state index is 12.0. The SMILES string of the molecule is CCc1cccc(N2NNNC2=O)c1SCc1ccccc1C1CC1. The molecule has 1 aliphatic heterocycles. The van der Waals surface area contributed by atoms with Gasteiger partial charge in [-0.2, -0.15) is 0 Å². The van der Waals surface area contributed by atoms with Crippen molar-refractivity contribution in [1.29, 1.82) is 0 Å². The second-order valence-corrected chi connectivity index (χ2v) is 7.37. The van der Waals surface area contributed by atoms with Gasteiger partial charge in [0.1, 0.15) is 0 Å². The first-order valence-corrected chi connectivity index (χ1v) is 9.69. The average molecular weight is 354 g/mol. The fraction of sp³-hybridized carbons (Fsp3) is 0.316. The van der Waals surface area contributed by atoms with E-state index in [9.17, 15) is 4.79 Å². The molecule has 0 radical (unpaired) electrons. The molecule has 2 aromatic rings. The van der Waals surface area contributed by atoms with Crippen molar-refractivity contribution in [3.8, 4) is 0 Å². The second-order valence-electron chi connectivity index (χ2n) is 6.38. The predicted molar refractivity (Wildman–Crippen MR) is 101 cm³/mol. The molecule has 130 valence electrons. The second kappa shape index (κ2) is 7.07. The lowest BCUT2D eigenvalue weighted by Crippen LogP contribution is -2.38. The van der Waals surface area contributed by atoms with Crippen LogP contribution in [0.3, 0.4) is 0 Å². The molecular formula is C19H22N4OS. The summed E-state index contributed by atoms with van der Waals surface area (Å²) in [6.45, 7) is 2.15. The van der Waals surface area contributed by atoms with Gasteiger partial charge in [-0.1, -0.05) is 43.3 Å². The molecule has 5 nitrogen and oxygen atoms in total. The van der Waals surface area contributed by atoms with Gasteiger partial charge in [-0.25, -0.2) is 9.80 Å². The Morgan fingerprint density at radius 2 is 1.92 bits per heavy atom. The molecule has 25 heavy (non-hydrogen) atoms. The van der Waals surface area contributed by atoms with E-state index in [1.165, 1.54) is 34.5 Å². The Labute approximate surface area is 152 Å². The summed E-state index contributed by atoms with van der Waals surface area (Å²) in [6.07, 6.45) is 3.55. The van der Waals surface area contributed by atoms with Gasteiger partial charge in [0.15, 0.2) is 0 Å². The predicted octanol–water partition coefficient (Wildman–Crippen LogP) is 3.87. The number of carbonyl (C=O) groups is 1. The third kappa shape index (κ3) is 3.38. The van der Waals surface area contributed by atoms with Gasteiger partial charge in [0, 0.05) is 10.6 Å². The van der Waals surface area contributed by atoms with E-state index in [-0.39, 0.29) is 6.03 Å². The number of amides is 2. The summed E-state index contributed by atoms with van der Waals surface area (Å²) in [5.41, 5.74) is 13.1. The number of nitrogens with one attached hydrogen (secondary N) is 3. The molecule has 1 saturated heterocycles. The summed E-state index contributed by atoms with van der Waals surface area (Å²) in [4.78, 5) is 13.2. The highest BCUT2D eigenvalue weighted by atomic mass is 32.2. The number of aryl methyl sites for hydroxylation is 1. The normalized spacial score (nSPS) is 17.0. The maximum Gasteiger partial charge on any atom is 0.353 e. The number of hydrogen-bond acceptors (Lipinski definition) is 4. The number of anilines is 1. The number of thioether (sulfide) groups is 1. The Balaban J connectivity index is 1.62. The minimum Gasteiger partial charge on any atom is -0.257 e. The van der Waals surface area contributed by atoms with Crippen LogP contribution in [0.25, 0.3) is 0 Å². The standard InChI is InChI=1S/C19H22N4OS/c1-2-13-7-5-9-17(23-19(24)20-21-22-23)18(13)25-12-15-6-3-4-8-16(15)14-10-11-14/h3-9,14,21-22H,2,10-12H2,1H3,(H,20,24). The third-order valence-corrected chi connectivity index (χ3v) is 5.90. The molecule has 3 N–H and O–H groups in total. The Morgan fingerprint density at radius 3 is 2.64 bits per heavy atom. The largest absolute Gasteiger partial charge is 0.353 e. The van der Waals surface area contributed by atoms with E-state index in [4.69, 9.17) is 0 Å². The van der Waals surface area contributed by atoms with Crippen LogP contribution in [0.4, 0.5) is 10.5 Å². The minimum absolute atomic E-state index is 0.200. The summed E-state index contributed by atoms with van der Waals surface area (Å²) in [5.74, 6) is 1.66. The number of hydrogen-bond donors (Lipinski definition) is 3. The lowest BCUT2D eigenvalue weighted by Gasteiger charge is -2.20. The van der Waals surface area contributed by atoms with Crippen molar-refractivity contribution in [2.45, 2.75) is 42.8 Å². The highest BCUT2D eigenvalue weighted by Crippen LogP contribution is 2.43. The molecule has 6 heteroatoms. The van der Waals surface area contributed by atoms with Gasteiger partial charge in [0.25, 0.3) is 0 Å². The van der Waals surface area contributed by atoms with E-state index in [1.54, 1.807) is 0 Å². The van der Waals surface area contributed by atoms with Crippen molar-refractivity contribution in [2.24, 2.45) is 0 Å². The van der Waals surface area contributed by atoms with E-state index in [0.717, 1.165) is 28.7 Å². The van der Waals surface area contributed by atoms with E-state index < -0.39 is 0 Å². The van der Waals surface area contributed by atoms with Crippen LogP contribution in [0.5, 0.6) is 0 Å². The molecule has 2 aromatic carbocycles. The zero-order valence-electron chi connectivity index (χ0n) is 14.2. The smallest absolute Gasteiger partial charge is 0.257 e. The topological polar surface area (TPSA) is 56.4 Å². The number of hydrazine groups is 3. The van der Waals surface area contributed by atoms with Crippen molar-refractivity contribution in [3.05, 3.63) is 59.2 Å². The Kier molecular flexibility index (Phi) is 4.65. The molecule has 2 aliphatic rings. The summed E-state index contributed by atoms with van der Waals surface area (Å²) in [6, 6.07) is 14.7. The molecule has 0 aromatic heterocycles. The molecule has 1 saturated carbocycles. The van der Waals surface area contributed by atoms with Gasteiger partial charge >= 0.3 is 6.03 Å². The van der Waals surface area contributed by atoms with Crippen molar-refractivity contribution in [3.63, 3.8) is 0 Å². The summed E-state index contributed by atoms with van der Waals surface area (Å²) in [7, 11) is 0. The lowest BCUT2D eigenvalue weighted by atomic mass is 10.1. The van der Waals surface area contributed by atoms with Gasteiger partial charge in [-0.15, -0.1) is 22.8 Å². The Hall–Kier alpha value is -2.02. The van der Waals surface area contributed by atoms with Crippen molar-refractivity contribution < 1.29 is 4.79 Å². The molecule has 0 bridgehead atoms. The van der Waals surface area contributed by atoms with Gasteiger partial charge in [0.05, 0.1) is 5.69 Å². The average Bonchev–Trinajstić information content (AvgIpc) is 3.41. The molecule has 2 fully saturated rings. The van der Waals surface area contributed by atoms with Crippen LogP contribution in [-0.4, -0.2) is 6.03 Å². The number of nitrogens with zero attached hydrogens (tertiary/aromatic N) is 1. The third-order valence-electron chi connectivity index (χ3n) is 4.68. The first kappa shape index (κ1) is 16.4. The van der Waals surface area contributed by atoms with E-state index in [2.05, 4.69) is 53.8 Å². The monoisotopic (exact) mass is 354 g/mol. The van der Waals surface area contributed by atoms with Gasteiger partial charge < -0.3 is 0 Å². The summed E-state index contributed by atoms with van der Waals surface area (Å²) >= 11 is 1.81. The van der Waals surface area contributed by atoms with Crippen molar-refractivity contribution in [1.82, 2.24) is 16.5 Å². The molecule has 0 atom stereocenters. The van der Waals surface area contributed by atoms with Crippen LogP contribution in [0.1, 0.15) is 42.4 Å². The highest BCUT2D eigenvalue weighted by Gasteiger charge is 2.27. The van der Waals surface area contributed by atoms with Crippen molar-refractivity contribution >= 4 is 23.5 Å². The van der Waals surface area contributed by atoms with Gasteiger partial charge in [0.2, 0.25) is 0 Å². The highest BCUT2D eigenvalue weighted by molar-refractivity contribution is 7.98. The fourth-order valence-corrected chi connectivity index (χ4v) is 4.48. The Morgan fingerprint density at radius 1 is 1.12 bits per heavy atom. The number of rotatable bonds is 6. The van der Waals surface area contributed by atoms with Crippen molar-refractivity contribution in [2.75, 3.05) is 5.01 Å². The quantitative estimate of drug-likeness (QED) is 0.689. The number of carbonyl (C=O) groups excluding carboxylic acids is 1. The van der Waals surface area contributed by atoms with Crippen LogP contribution in [0, 0.1) is 0 Å². The van der Waals surface area contributed by atoms with Crippen LogP contribution in [-0.2, 0) is 12.2 Å². The molecule has 4 rings (SSSR count). The fourth-order valence-electron chi connectivity index (χ4n) is 3.21. The van der Waals surface area contributed by atoms with Crippen LogP contribution in [0.15, 0.2) is 47.4 Å². The van der Waals surface area contributed by atoms with E-state index in [0.29, 0.717) is 0 Å². The Bertz CT molecular complexity index is 791. The first-order chi connectivity index (χ1) is 12.3. The maximum atomic E-state index is 12.0. The summed E-state index contributed by atoms with van der Waals surface area (Å²) < 4.78 is 0. The molecule has 1 heterocycles. The van der Waals surface area contributed by atoms with Crippen LogP contribution >= 0.6 is 11.8 Å². The molecular weight excluding hydrogens is 332 g/mol. The van der Waals surface area contributed by atoms with E-state index >= 15 is 0 Å². The minimum atomic E-state index is -0.200. The molecule has 1 aliphatic carbocycles. The molecule has 0 spiro atoms. The molecule has 2 amide bonds. The zero-order valence-corrected chi connectivity index (χ0v) is 15.0. The molecule has 0 unspecified atom stereocenters.